The predicted octanol–water partition coefficient (Wildman–Crippen LogP) is 2.77. The zero-order valence-corrected chi connectivity index (χ0v) is 9.95. The van der Waals surface area contributed by atoms with Crippen molar-refractivity contribution in [3.05, 3.63) is 29.0 Å². The number of hydrogen-bond donors (Lipinski definition) is 2. The van der Waals surface area contributed by atoms with Crippen molar-refractivity contribution in [3.63, 3.8) is 0 Å². The molecule has 3 N–H and O–H groups in total. The molecule has 0 aromatic heterocycles. The van der Waals surface area contributed by atoms with Gasteiger partial charge in [-0.2, -0.15) is 0 Å². The molecule has 0 aliphatic rings. The summed E-state index contributed by atoms with van der Waals surface area (Å²) in [6.07, 6.45) is 1.84. The van der Waals surface area contributed by atoms with E-state index >= 15 is 0 Å². The molecular formula is C11H14ClFN2O2. The highest BCUT2D eigenvalue weighted by molar-refractivity contribution is 6.32. The van der Waals surface area contributed by atoms with Crippen LogP contribution >= 0.6 is 11.6 Å². The molecule has 94 valence electrons. The highest BCUT2D eigenvalue weighted by atomic mass is 35.5. The van der Waals surface area contributed by atoms with E-state index in [0.29, 0.717) is 25.9 Å². The number of halogens is 2. The van der Waals surface area contributed by atoms with Gasteiger partial charge in [0.15, 0.2) is 11.6 Å². The highest BCUT2D eigenvalue weighted by Gasteiger charge is 2.07. The molecule has 0 aliphatic heterocycles. The summed E-state index contributed by atoms with van der Waals surface area (Å²) >= 11 is 5.78. The normalized spacial score (nSPS) is 11.5. The number of hydrogen-bond acceptors (Lipinski definition) is 3. The summed E-state index contributed by atoms with van der Waals surface area (Å²) in [5.41, 5.74) is 5.29. The lowest BCUT2D eigenvalue weighted by Crippen LogP contribution is -2.11. The molecule has 0 fully saturated rings. The Morgan fingerprint density at radius 1 is 1.47 bits per heavy atom. The molecule has 0 heterocycles. The van der Waals surface area contributed by atoms with Crippen LogP contribution in [-0.2, 0) is 0 Å². The summed E-state index contributed by atoms with van der Waals surface area (Å²) < 4.78 is 18.5. The van der Waals surface area contributed by atoms with E-state index < -0.39 is 5.82 Å². The molecule has 1 aromatic carbocycles. The van der Waals surface area contributed by atoms with Crippen molar-refractivity contribution in [3.8, 4) is 5.75 Å². The summed E-state index contributed by atoms with van der Waals surface area (Å²) in [5.74, 6) is -0.235. The van der Waals surface area contributed by atoms with Crippen molar-refractivity contribution in [1.29, 1.82) is 0 Å². The molecule has 0 aliphatic carbocycles. The van der Waals surface area contributed by atoms with Gasteiger partial charge in [-0.25, -0.2) is 4.39 Å². The molecular weight excluding hydrogens is 247 g/mol. The third-order valence-corrected chi connectivity index (χ3v) is 2.42. The lowest BCUT2D eigenvalue weighted by atomic mass is 10.2. The molecule has 0 amide bonds. The Bertz CT molecular complexity index is 379. The van der Waals surface area contributed by atoms with Gasteiger partial charge < -0.3 is 15.7 Å². The second-order valence-electron chi connectivity index (χ2n) is 3.45. The number of nitrogens with zero attached hydrogens (tertiary/aromatic N) is 1. The fourth-order valence-electron chi connectivity index (χ4n) is 1.25. The fourth-order valence-corrected chi connectivity index (χ4v) is 1.47. The van der Waals surface area contributed by atoms with E-state index in [1.807, 2.05) is 0 Å². The van der Waals surface area contributed by atoms with E-state index in [2.05, 4.69) is 5.16 Å². The maximum Gasteiger partial charge on any atom is 0.173 e. The monoisotopic (exact) mass is 260 g/mol. The molecule has 0 saturated carbocycles. The third kappa shape index (κ3) is 4.48. The van der Waals surface area contributed by atoms with Gasteiger partial charge in [-0.15, -0.1) is 0 Å². The van der Waals surface area contributed by atoms with E-state index in [9.17, 15) is 4.39 Å². The zero-order valence-electron chi connectivity index (χ0n) is 9.20. The smallest absolute Gasteiger partial charge is 0.173 e. The second kappa shape index (κ2) is 6.96. The molecule has 0 saturated heterocycles. The summed E-state index contributed by atoms with van der Waals surface area (Å²) in [6, 6.07) is 4.37. The van der Waals surface area contributed by atoms with Crippen LogP contribution < -0.4 is 10.5 Å². The molecule has 4 nitrogen and oxygen atoms in total. The number of benzene rings is 1. The summed E-state index contributed by atoms with van der Waals surface area (Å²) in [7, 11) is 0. The van der Waals surface area contributed by atoms with Crippen LogP contribution in [0.2, 0.25) is 5.02 Å². The molecule has 0 unspecified atom stereocenters. The van der Waals surface area contributed by atoms with Gasteiger partial charge in [-0.3, -0.25) is 0 Å². The van der Waals surface area contributed by atoms with Gasteiger partial charge in [0.2, 0.25) is 0 Å². The van der Waals surface area contributed by atoms with Gasteiger partial charge in [0, 0.05) is 6.42 Å². The second-order valence-corrected chi connectivity index (χ2v) is 3.85. The van der Waals surface area contributed by atoms with E-state index in [0.717, 1.165) is 0 Å². The Hall–Kier alpha value is -1.49. The number of amidine groups is 1. The SMILES string of the molecule is N/C(CCCCOc1c(F)cccc1Cl)=N/O. The van der Waals surface area contributed by atoms with Gasteiger partial charge >= 0.3 is 0 Å². The van der Waals surface area contributed by atoms with Crippen LogP contribution in [-0.4, -0.2) is 17.6 Å². The number of oxime groups is 1. The number of para-hydroxylation sites is 1. The Kier molecular flexibility index (Phi) is 5.56. The van der Waals surface area contributed by atoms with Gasteiger partial charge in [0.25, 0.3) is 0 Å². The maximum absolute atomic E-state index is 13.3. The summed E-state index contributed by atoms with van der Waals surface area (Å²) in [4.78, 5) is 0. The van der Waals surface area contributed by atoms with Crippen LogP contribution in [0.3, 0.4) is 0 Å². The van der Waals surface area contributed by atoms with Crippen LogP contribution in [0.5, 0.6) is 5.75 Å². The standard InChI is InChI=1S/C11H14ClFN2O2/c12-8-4-3-5-9(13)11(8)17-7-2-1-6-10(14)15-16/h3-5,16H,1-2,6-7H2,(H2,14,15). The molecule has 17 heavy (non-hydrogen) atoms. The van der Waals surface area contributed by atoms with Crippen molar-refractivity contribution in [2.75, 3.05) is 6.61 Å². The summed E-state index contributed by atoms with van der Waals surface area (Å²) in [5, 5.41) is 11.4. The summed E-state index contributed by atoms with van der Waals surface area (Å²) in [6.45, 7) is 0.333. The lowest BCUT2D eigenvalue weighted by molar-refractivity contribution is 0.292. The number of nitrogens with two attached hydrogens (primary N) is 1. The first-order chi connectivity index (χ1) is 8.15. The molecule has 1 rings (SSSR count). The van der Waals surface area contributed by atoms with E-state index in [1.54, 1.807) is 6.07 Å². The lowest BCUT2D eigenvalue weighted by Gasteiger charge is -2.08. The first-order valence-corrected chi connectivity index (χ1v) is 5.56. The Balaban J connectivity index is 2.32. The largest absolute Gasteiger partial charge is 0.489 e. The number of ether oxygens (including phenoxy) is 1. The van der Waals surface area contributed by atoms with Crippen molar-refractivity contribution >= 4 is 17.4 Å². The average molecular weight is 261 g/mol. The molecule has 0 spiro atoms. The number of rotatable bonds is 6. The maximum atomic E-state index is 13.3. The molecule has 0 radical (unpaired) electrons. The van der Waals surface area contributed by atoms with Gasteiger partial charge in [-0.1, -0.05) is 22.8 Å². The van der Waals surface area contributed by atoms with E-state index in [4.69, 9.17) is 27.3 Å². The highest BCUT2D eigenvalue weighted by Crippen LogP contribution is 2.27. The minimum atomic E-state index is -0.478. The quantitative estimate of drug-likeness (QED) is 0.272. The van der Waals surface area contributed by atoms with Crippen molar-refractivity contribution in [2.45, 2.75) is 19.3 Å². The van der Waals surface area contributed by atoms with Crippen molar-refractivity contribution in [1.82, 2.24) is 0 Å². The Morgan fingerprint density at radius 3 is 2.88 bits per heavy atom. The van der Waals surface area contributed by atoms with Gasteiger partial charge in [0.05, 0.1) is 11.6 Å². The fraction of sp³-hybridized carbons (Fsp3) is 0.364. The number of unbranched alkanes of at least 4 members (excludes halogenated alkanes) is 1. The van der Waals surface area contributed by atoms with Crippen molar-refractivity contribution < 1.29 is 14.3 Å². The van der Waals surface area contributed by atoms with Crippen molar-refractivity contribution in [2.24, 2.45) is 10.9 Å². The Morgan fingerprint density at radius 2 is 2.24 bits per heavy atom. The van der Waals surface area contributed by atoms with Gasteiger partial charge in [0.1, 0.15) is 5.84 Å². The first-order valence-electron chi connectivity index (χ1n) is 5.18. The van der Waals surface area contributed by atoms with Crippen LogP contribution in [0.1, 0.15) is 19.3 Å². The molecule has 0 bridgehead atoms. The third-order valence-electron chi connectivity index (χ3n) is 2.12. The van der Waals surface area contributed by atoms with E-state index in [1.165, 1.54) is 12.1 Å². The minimum absolute atomic E-state index is 0.0676. The molecule has 6 heteroatoms. The Labute approximate surface area is 104 Å². The van der Waals surface area contributed by atoms with Crippen LogP contribution in [0.25, 0.3) is 0 Å². The van der Waals surface area contributed by atoms with Crippen LogP contribution in [0.4, 0.5) is 4.39 Å². The zero-order chi connectivity index (χ0) is 12.7. The van der Waals surface area contributed by atoms with Gasteiger partial charge in [-0.05, 0) is 25.0 Å². The minimum Gasteiger partial charge on any atom is -0.489 e. The van der Waals surface area contributed by atoms with Crippen LogP contribution in [0.15, 0.2) is 23.4 Å². The molecule has 1 aromatic rings. The predicted molar refractivity (Wildman–Crippen MR) is 64.2 cm³/mol. The molecule has 0 atom stereocenters. The first kappa shape index (κ1) is 13.6. The van der Waals surface area contributed by atoms with Crippen LogP contribution in [0, 0.1) is 5.82 Å². The average Bonchev–Trinajstić information content (AvgIpc) is 2.31. The topological polar surface area (TPSA) is 67.8 Å². The van der Waals surface area contributed by atoms with E-state index in [-0.39, 0.29) is 16.6 Å².